The molecule has 29 heavy (non-hydrogen) atoms. The Hall–Kier alpha value is -3.00. The van der Waals surface area contributed by atoms with Crippen LogP contribution in [0.4, 0.5) is 4.39 Å². The van der Waals surface area contributed by atoms with E-state index in [0.717, 1.165) is 5.56 Å². The molecule has 0 radical (unpaired) electrons. The van der Waals surface area contributed by atoms with E-state index in [1.54, 1.807) is 16.7 Å². The van der Waals surface area contributed by atoms with Crippen molar-refractivity contribution in [3.05, 3.63) is 69.4 Å². The van der Waals surface area contributed by atoms with Crippen molar-refractivity contribution in [2.24, 2.45) is 0 Å². The second-order valence-corrected chi connectivity index (χ2v) is 7.11. The molecule has 1 fully saturated rings. The van der Waals surface area contributed by atoms with Crippen molar-refractivity contribution in [3.8, 4) is 0 Å². The fourth-order valence-corrected chi connectivity index (χ4v) is 3.19. The molecule has 0 N–H and O–H groups in total. The molecule has 1 amide bonds. The van der Waals surface area contributed by atoms with Gasteiger partial charge in [0.2, 0.25) is 5.43 Å². The van der Waals surface area contributed by atoms with E-state index in [9.17, 15) is 18.8 Å². The summed E-state index contributed by atoms with van der Waals surface area (Å²) in [6.45, 7) is 4.55. The summed E-state index contributed by atoms with van der Waals surface area (Å²) in [6.07, 6.45) is 2.44. The summed E-state index contributed by atoms with van der Waals surface area (Å²) in [5.74, 6) is -1.62. The molecule has 1 aromatic carbocycles. The number of carbonyl (C=O) groups excluding carboxylic acids is 2. The molecule has 7 nitrogen and oxygen atoms in total. The summed E-state index contributed by atoms with van der Waals surface area (Å²) < 4.78 is 25.2. The predicted octanol–water partition coefficient (Wildman–Crippen LogP) is 2.57. The highest BCUT2D eigenvalue weighted by atomic mass is 19.1. The van der Waals surface area contributed by atoms with Crippen molar-refractivity contribution in [1.29, 1.82) is 0 Å². The van der Waals surface area contributed by atoms with Gasteiger partial charge in [-0.05, 0) is 31.5 Å². The van der Waals surface area contributed by atoms with E-state index in [-0.39, 0.29) is 36.1 Å². The molecule has 1 saturated heterocycles. The number of hydrogen-bond donors (Lipinski definition) is 0. The van der Waals surface area contributed by atoms with Gasteiger partial charge in [0.15, 0.2) is 0 Å². The highest BCUT2D eigenvalue weighted by molar-refractivity contribution is 5.97. The predicted molar refractivity (Wildman–Crippen MR) is 103 cm³/mol. The van der Waals surface area contributed by atoms with Crippen LogP contribution in [0.2, 0.25) is 0 Å². The Morgan fingerprint density at radius 2 is 1.83 bits per heavy atom. The quantitative estimate of drug-likeness (QED) is 0.735. The molecule has 3 rings (SSSR count). The molecular formula is C21H23FN2O5. The lowest BCUT2D eigenvalue weighted by Gasteiger charge is -2.33. The van der Waals surface area contributed by atoms with E-state index >= 15 is 0 Å². The number of amides is 1. The first-order chi connectivity index (χ1) is 13.8. The normalized spacial score (nSPS) is 16.7. The van der Waals surface area contributed by atoms with E-state index < -0.39 is 23.4 Å². The maximum atomic E-state index is 13.2. The van der Waals surface area contributed by atoms with Gasteiger partial charge in [-0.1, -0.05) is 12.1 Å². The second kappa shape index (κ2) is 8.57. The summed E-state index contributed by atoms with van der Waals surface area (Å²) in [4.78, 5) is 39.4. The number of pyridine rings is 1. The van der Waals surface area contributed by atoms with Gasteiger partial charge in [-0.3, -0.25) is 9.59 Å². The Morgan fingerprint density at radius 3 is 2.45 bits per heavy atom. The van der Waals surface area contributed by atoms with Crippen molar-refractivity contribution < 1.29 is 23.5 Å². The van der Waals surface area contributed by atoms with Crippen molar-refractivity contribution in [2.75, 3.05) is 26.8 Å². The zero-order valence-corrected chi connectivity index (χ0v) is 16.6. The minimum Gasteiger partial charge on any atom is -0.465 e. The third-order valence-corrected chi connectivity index (χ3v) is 4.87. The summed E-state index contributed by atoms with van der Waals surface area (Å²) in [5.41, 5.74) is -0.202. The number of nitrogens with zero attached hydrogens (tertiary/aromatic N) is 2. The van der Waals surface area contributed by atoms with Crippen LogP contribution in [0.25, 0.3) is 0 Å². The first-order valence-electron chi connectivity index (χ1n) is 9.32. The number of hydrogen-bond acceptors (Lipinski definition) is 5. The smallest absolute Gasteiger partial charge is 0.343 e. The summed E-state index contributed by atoms with van der Waals surface area (Å²) in [7, 11) is 1.19. The zero-order chi connectivity index (χ0) is 21.1. The first-order valence-corrected chi connectivity index (χ1v) is 9.32. The third kappa shape index (κ3) is 4.37. The van der Waals surface area contributed by atoms with E-state index in [0.29, 0.717) is 6.54 Å². The second-order valence-electron chi connectivity index (χ2n) is 7.11. The number of rotatable bonds is 4. The fraction of sp³-hybridized carbons (Fsp3) is 0.381. The molecule has 2 aromatic rings. The Balaban J connectivity index is 1.92. The molecular weight excluding hydrogens is 379 g/mol. The lowest BCUT2D eigenvalue weighted by molar-refractivity contribution is -0.0229. The number of ether oxygens (including phenoxy) is 2. The summed E-state index contributed by atoms with van der Waals surface area (Å²) in [6, 6.07) is 5.82. The monoisotopic (exact) mass is 402 g/mol. The van der Waals surface area contributed by atoms with Gasteiger partial charge in [-0.25, -0.2) is 9.18 Å². The molecule has 1 aromatic heterocycles. The molecule has 154 valence electrons. The topological polar surface area (TPSA) is 77.8 Å². The van der Waals surface area contributed by atoms with E-state index in [1.807, 2.05) is 13.8 Å². The number of aromatic nitrogens is 1. The zero-order valence-electron chi connectivity index (χ0n) is 16.6. The van der Waals surface area contributed by atoms with Crippen LogP contribution in [0.15, 0.2) is 41.5 Å². The molecule has 1 atom stereocenters. The van der Waals surface area contributed by atoms with Gasteiger partial charge in [0, 0.05) is 25.0 Å². The van der Waals surface area contributed by atoms with Gasteiger partial charge >= 0.3 is 5.97 Å². The Morgan fingerprint density at radius 1 is 1.17 bits per heavy atom. The Labute approximate surface area is 167 Å². The van der Waals surface area contributed by atoms with Crippen LogP contribution in [0.3, 0.4) is 0 Å². The van der Waals surface area contributed by atoms with Crippen LogP contribution in [-0.4, -0.2) is 48.1 Å². The molecule has 0 saturated carbocycles. The van der Waals surface area contributed by atoms with Crippen LogP contribution < -0.4 is 5.43 Å². The highest BCUT2D eigenvalue weighted by Gasteiger charge is 2.29. The molecule has 2 heterocycles. The molecule has 0 unspecified atom stereocenters. The van der Waals surface area contributed by atoms with Crippen molar-refractivity contribution in [2.45, 2.75) is 26.0 Å². The van der Waals surface area contributed by atoms with Crippen LogP contribution >= 0.6 is 0 Å². The molecule has 8 heteroatoms. The van der Waals surface area contributed by atoms with Gasteiger partial charge in [0.05, 0.1) is 20.3 Å². The van der Waals surface area contributed by atoms with Crippen molar-refractivity contribution in [1.82, 2.24) is 9.47 Å². The minimum atomic E-state index is -0.787. The van der Waals surface area contributed by atoms with E-state index in [2.05, 4.69) is 4.74 Å². The maximum absolute atomic E-state index is 13.2. The van der Waals surface area contributed by atoms with Crippen molar-refractivity contribution >= 4 is 11.9 Å². The maximum Gasteiger partial charge on any atom is 0.343 e. The number of carbonyl (C=O) groups is 2. The summed E-state index contributed by atoms with van der Waals surface area (Å²) >= 11 is 0. The van der Waals surface area contributed by atoms with Crippen LogP contribution in [0, 0.1) is 5.82 Å². The standard InChI is InChI=1S/C21H23FN2O5/c1-13(2)24-10-16(19(25)17(11-24)21(27)28-3)20(26)23-8-9-29-18(12-23)14-4-6-15(22)7-5-14/h4-7,10-11,13,18H,8-9,12H2,1-3H3/t18-/m0/s1. The third-order valence-electron chi connectivity index (χ3n) is 4.87. The average Bonchev–Trinajstić information content (AvgIpc) is 2.73. The molecule has 1 aliphatic rings. The first kappa shape index (κ1) is 20.7. The number of esters is 1. The molecule has 0 aliphatic carbocycles. The molecule has 0 spiro atoms. The number of halogens is 1. The van der Waals surface area contributed by atoms with Crippen LogP contribution in [0.1, 0.15) is 52.3 Å². The fourth-order valence-electron chi connectivity index (χ4n) is 3.19. The van der Waals surface area contributed by atoms with Gasteiger partial charge in [0.25, 0.3) is 5.91 Å². The lowest BCUT2D eigenvalue weighted by atomic mass is 10.1. The van der Waals surface area contributed by atoms with Gasteiger partial charge in [-0.15, -0.1) is 0 Å². The number of morpholine rings is 1. The largest absolute Gasteiger partial charge is 0.465 e. The van der Waals surface area contributed by atoms with Crippen LogP contribution in [0.5, 0.6) is 0 Å². The Kier molecular flexibility index (Phi) is 6.12. The molecule has 1 aliphatic heterocycles. The van der Waals surface area contributed by atoms with Gasteiger partial charge in [0.1, 0.15) is 23.0 Å². The minimum absolute atomic E-state index is 0.0674. The van der Waals surface area contributed by atoms with Gasteiger partial charge in [-0.2, -0.15) is 0 Å². The number of benzene rings is 1. The highest BCUT2D eigenvalue weighted by Crippen LogP contribution is 2.23. The Bertz CT molecular complexity index is 968. The van der Waals surface area contributed by atoms with Crippen molar-refractivity contribution in [3.63, 3.8) is 0 Å². The average molecular weight is 402 g/mol. The van der Waals surface area contributed by atoms with E-state index in [1.165, 1.54) is 36.5 Å². The molecule has 0 bridgehead atoms. The van der Waals surface area contributed by atoms with E-state index in [4.69, 9.17) is 4.74 Å². The van der Waals surface area contributed by atoms with Crippen LogP contribution in [-0.2, 0) is 9.47 Å². The van der Waals surface area contributed by atoms with Gasteiger partial charge < -0.3 is 18.9 Å². The SMILES string of the molecule is COC(=O)c1cn(C(C)C)cc(C(=O)N2CCO[C@H](c3ccc(F)cc3)C2)c1=O. The summed E-state index contributed by atoms with van der Waals surface area (Å²) in [5, 5.41) is 0. The lowest BCUT2D eigenvalue weighted by Crippen LogP contribution is -2.44. The number of methoxy groups -OCH3 is 1.